The molecule has 0 unspecified atom stereocenters. The van der Waals surface area contributed by atoms with Gasteiger partial charge >= 0.3 is 0 Å². The topological polar surface area (TPSA) is 83.7 Å². The number of aryl methyl sites for hydroxylation is 1. The highest BCUT2D eigenvalue weighted by Crippen LogP contribution is 2.34. The van der Waals surface area contributed by atoms with Crippen molar-refractivity contribution in [3.63, 3.8) is 0 Å². The van der Waals surface area contributed by atoms with Crippen LogP contribution in [0.1, 0.15) is 16.1 Å². The molecule has 1 amide bonds. The second-order valence-electron chi connectivity index (χ2n) is 7.19. The van der Waals surface area contributed by atoms with E-state index in [1.165, 1.54) is 39.5 Å². The van der Waals surface area contributed by atoms with E-state index in [-0.39, 0.29) is 63.7 Å². The maximum absolute atomic E-state index is 14.4. The minimum atomic E-state index is -3.80. The molecule has 1 fully saturated rings. The smallest absolute Gasteiger partial charge is 0.259 e. The summed E-state index contributed by atoms with van der Waals surface area (Å²) in [5.74, 6) is -0.848. The van der Waals surface area contributed by atoms with Gasteiger partial charge in [0.1, 0.15) is 27.7 Å². The standard InChI is InChI=1S/C21H18Cl2FN3O4S/c1-13-18(20(25-31-13)19-15(23)6-4-7-16(19)24)21(28)26-9-11-27(12-10-26)32(29,30)17-8-3-2-5-14(17)22/h2-8H,9-12H2,1H3. The zero-order chi connectivity index (χ0) is 23.0. The molecule has 4 rings (SSSR count). The Hall–Kier alpha value is -2.46. The number of halogens is 3. The zero-order valence-corrected chi connectivity index (χ0v) is 19.2. The van der Waals surface area contributed by atoms with Gasteiger partial charge in [0.05, 0.1) is 15.6 Å². The Balaban J connectivity index is 1.57. The number of rotatable bonds is 4. The van der Waals surface area contributed by atoms with Gasteiger partial charge in [0.2, 0.25) is 10.0 Å². The summed E-state index contributed by atoms with van der Waals surface area (Å²) in [6.45, 7) is 1.99. The average molecular weight is 498 g/mol. The van der Waals surface area contributed by atoms with Crippen LogP contribution in [0.2, 0.25) is 10.0 Å². The van der Waals surface area contributed by atoms with Gasteiger partial charge in [0.25, 0.3) is 5.91 Å². The lowest BCUT2D eigenvalue weighted by molar-refractivity contribution is 0.0696. The summed E-state index contributed by atoms with van der Waals surface area (Å²) in [6.07, 6.45) is 0. The van der Waals surface area contributed by atoms with Crippen LogP contribution in [-0.2, 0) is 10.0 Å². The Morgan fingerprint density at radius 1 is 1.03 bits per heavy atom. The van der Waals surface area contributed by atoms with Crippen molar-refractivity contribution in [3.8, 4) is 11.3 Å². The summed E-state index contributed by atoms with van der Waals surface area (Å²) in [5.41, 5.74) is 0.0930. The number of sulfonamides is 1. The molecule has 0 aliphatic carbocycles. The molecule has 168 valence electrons. The van der Waals surface area contributed by atoms with Crippen LogP contribution in [0, 0.1) is 12.7 Å². The van der Waals surface area contributed by atoms with Crippen molar-refractivity contribution in [3.05, 3.63) is 69.7 Å². The molecule has 2 heterocycles. The minimum absolute atomic E-state index is 0.0155. The van der Waals surface area contributed by atoms with E-state index in [2.05, 4.69) is 5.16 Å². The molecule has 0 bridgehead atoms. The van der Waals surface area contributed by atoms with E-state index in [4.69, 9.17) is 27.7 Å². The second-order valence-corrected chi connectivity index (χ2v) is 9.91. The van der Waals surface area contributed by atoms with Gasteiger partial charge < -0.3 is 9.42 Å². The molecule has 11 heteroatoms. The van der Waals surface area contributed by atoms with E-state index < -0.39 is 21.7 Å². The summed E-state index contributed by atoms with van der Waals surface area (Å²) in [5, 5.41) is 4.10. The highest BCUT2D eigenvalue weighted by Gasteiger charge is 2.34. The highest BCUT2D eigenvalue weighted by molar-refractivity contribution is 7.89. The van der Waals surface area contributed by atoms with E-state index >= 15 is 0 Å². The normalized spacial score (nSPS) is 15.2. The lowest BCUT2D eigenvalue weighted by Gasteiger charge is -2.34. The largest absolute Gasteiger partial charge is 0.360 e. The molecule has 0 saturated carbocycles. The predicted octanol–water partition coefficient (Wildman–Crippen LogP) is 4.24. The van der Waals surface area contributed by atoms with E-state index in [1.54, 1.807) is 19.1 Å². The van der Waals surface area contributed by atoms with Crippen LogP contribution >= 0.6 is 23.2 Å². The summed E-state index contributed by atoms with van der Waals surface area (Å²) < 4.78 is 46.8. The van der Waals surface area contributed by atoms with E-state index in [1.807, 2.05) is 0 Å². The second kappa shape index (κ2) is 8.82. The van der Waals surface area contributed by atoms with Crippen molar-refractivity contribution in [2.75, 3.05) is 26.2 Å². The Morgan fingerprint density at radius 3 is 2.34 bits per heavy atom. The van der Waals surface area contributed by atoms with E-state index in [0.717, 1.165) is 0 Å². The van der Waals surface area contributed by atoms with Crippen LogP contribution in [0.4, 0.5) is 4.39 Å². The van der Waals surface area contributed by atoms with E-state index in [9.17, 15) is 17.6 Å². The Labute approximate surface area is 194 Å². The number of carbonyl (C=O) groups excluding carboxylic acids is 1. The van der Waals surface area contributed by atoms with Crippen LogP contribution in [0.25, 0.3) is 11.3 Å². The molecule has 0 atom stereocenters. The van der Waals surface area contributed by atoms with Gasteiger partial charge in [-0.2, -0.15) is 4.31 Å². The summed E-state index contributed by atoms with van der Waals surface area (Å²) >= 11 is 12.2. The van der Waals surface area contributed by atoms with Gasteiger partial charge in [0, 0.05) is 26.2 Å². The Kier molecular flexibility index (Phi) is 6.26. The molecular formula is C21H18Cl2FN3O4S. The van der Waals surface area contributed by atoms with Gasteiger partial charge in [-0.15, -0.1) is 0 Å². The average Bonchev–Trinajstić information content (AvgIpc) is 3.14. The van der Waals surface area contributed by atoms with Crippen molar-refractivity contribution in [1.29, 1.82) is 0 Å². The van der Waals surface area contributed by atoms with Crippen LogP contribution in [-0.4, -0.2) is 54.9 Å². The first-order chi connectivity index (χ1) is 15.2. The van der Waals surface area contributed by atoms with Gasteiger partial charge in [-0.1, -0.05) is 46.6 Å². The van der Waals surface area contributed by atoms with Crippen molar-refractivity contribution in [1.82, 2.24) is 14.4 Å². The zero-order valence-electron chi connectivity index (χ0n) is 16.9. The third-order valence-corrected chi connectivity index (χ3v) is 7.97. The number of hydrogen-bond acceptors (Lipinski definition) is 5. The lowest BCUT2D eigenvalue weighted by atomic mass is 10.0. The van der Waals surface area contributed by atoms with Gasteiger partial charge in [-0.05, 0) is 31.2 Å². The van der Waals surface area contributed by atoms with Crippen LogP contribution in [0.5, 0.6) is 0 Å². The molecular weight excluding hydrogens is 480 g/mol. The maximum atomic E-state index is 14.4. The van der Waals surface area contributed by atoms with Crippen LogP contribution in [0.3, 0.4) is 0 Å². The molecule has 0 spiro atoms. The first kappa shape index (κ1) is 22.7. The maximum Gasteiger partial charge on any atom is 0.259 e. The number of benzene rings is 2. The van der Waals surface area contributed by atoms with E-state index in [0.29, 0.717) is 0 Å². The molecule has 7 nitrogen and oxygen atoms in total. The Bertz CT molecular complexity index is 1270. The SMILES string of the molecule is Cc1onc(-c2c(F)cccc2Cl)c1C(=O)N1CCN(S(=O)(=O)c2ccccc2Cl)CC1. The summed E-state index contributed by atoms with van der Waals surface area (Å²) in [6, 6.07) is 10.4. The minimum Gasteiger partial charge on any atom is -0.360 e. The lowest BCUT2D eigenvalue weighted by Crippen LogP contribution is -2.50. The van der Waals surface area contributed by atoms with Crippen molar-refractivity contribution < 1.29 is 22.1 Å². The molecule has 32 heavy (non-hydrogen) atoms. The molecule has 1 saturated heterocycles. The molecule has 0 radical (unpaired) electrons. The van der Waals surface area contributed by atoms with Crippen molar-refractivity contribution >= 4 is 39.1 Å². The molecule has 2 aromatic carbocycles. The number of aromatic nitrogens is 1. The number of nitrogens with zero attached hydrogens (tertiary/aromatic N) is 3. The molecule has 0 N–H and O–H groups in total. The fourth-order valence-corrected chi connectivity index (χ4v) is 5.77. The number of carbonyl (C=O) groups is 1. The first-order valence-electron chi connectivity index (χ1n) is 9.66. The fraction of sp³-hybridized carbons (Fsp3) is 0.238. The molecule has 3 aromatic rings. The molecule has 1 aliphatic heterocycles. The number of piperazine rings is 1. The Morgan fingerprint density at radius 2 is 1.69 bits per heavy atom. The predicted molar refractivity (Wildman–Crippen MR) is 118 cm³/mol. The third-order valence-electron chi connectivity index (χ3n) is 5.26. The third kappa shape index (κ3) is 4.01. The van der Waals surface area contributed by atoms with Crippen LogP contribution in [0.15, 0.2) is 51.9 Å². The molecule has 1 aliphatic rings. The summed E-state index contributed by atoms with van der Waals surface area (Å²) in [7, 11) is -3.80. The quantitative estimate of drug-likeness (QED) is 0.538. The van der Waals surface area contributed by atoms with Gasteiger partial charge in [-0.25, -0.2) is 12.8 Å². The number of hydrogen-bond donors (Lipinski definition) is 0. The molecule has 1 aromatic heterocycles. The summed E-state index contributed by atoms with van der Waals surface area (Å²) in [4.78, 5) is 14.8. The monoisotopic (exact) mass is 497 g/mol. The fourth-order valence-electron chi connectivity index (χ4n) is 3.60. The number of amides is 1. The van der Waals surface area contributed by atoms with Crippen molar-refractivity contribution in [2.24, 2.45) is 0 Å². The van der Waals surface area contributed by atoms with Crippen molar-refractivity contribution in [2.45, 2.75) is 11.8 Å². The van der Waals surface area contributed by atoms with Crippen LogP contribution < -0.4 is 0 Å². The van der Waals surface area contributed by atoms with Gasteiger partial charge in [-0.3, -0.25) is 4.79 Å². The van der Waals surface area contributed by atoms with Gasteiger partial charge in [0.15, 0.2) is 0 Å². The highest BCUT2D eigenvalue weighted by atomic mass is 35.5. The first-order valence-corrected chi connectivity index (χ1v) is 11.9.